The Balaban J connectivity index is 2.23. The van der Waals surface area contributed by atoms with Crippen molar-refractivity contribution in [2.45, 2.75) is 12.8 Å². The van der Waals surface area contributed by atoms with Gasteiger partial charge >= 0.3 is 5.97 Å². The molecular weight excluding hydrogens is 192 g/mol. The number of carbonyl (C=O) groups is 1. The third-order valence-corrected chi connectivity index (χ3v) is 2.22. The van der Waals surface area contributed by atoms with Gasteiger partial charge in [-0.05, 0) is 0 Å². The first-order valence-electron chi connectivity index (χ1n) is 3.63. The van der Waals surface area contributed by atoms with E-state index >= 15 is 0 Å². The first kappa shape index (κ1) is 8.11. The Kier molecular flexibility index (Phi) is 1.93. The molecule has 2 aromatic rings. The van der Waals surface area contributed by atoms with Crippen molar-refractivity contribution in [3.05, 3.63) is 11.3 Å². The van der Waals surface area contributed by atoms with Crippen molar-refractivity contribution in [1.82, 2.24) is 19.8 Å². The molecule has 0 aliphatic rings. The maximum absolute atomic E-state index is 10.3. The second-order valence-electron chi connectivity index (χ2n) is 2.44. The van der Waals surface area contributed by atoms with Crippen molar-refractivity contribution in [2.75, 3.05) is 0 Å². The molecule has 0 saturated carbocycles. The molecule has 0 amide bonds. The Hall–Kier alpha value is -1.50. The summed E-state index contributed by atoms with van der Waals surface area (Å²) in [5, 5.41) is 20.1. The van der Waals surface area contributed by atoms with Gasteiger partial charge in [-0.25, -0.2) is 0 Å². The molecule has 2 rings (SSSR count). The lowest BCUT2D eigenvalue weighted by atomic mass is 10.3. The molecule has 13 heavy (non-hydrogen) atoms. The van der Waals surface area contributed by atoms with Crippen LogP contribution in [0.2, 0.25) is 0 Å². The highest BCUT2D eigenvalue weighted by atomic mass is 32.1. The number of hydrogen-bond acceptors (Lipinski definition) is 5. The lowest BCUT2D eigenvalue weighted by Crippen LogP contribution is -2.01. The summed E-state index contributed by atoms with van der Waals surface area (Å²) in [5.41, 5.74) is 1.65. The molecule has 0 bridgehead atoms. The summed E-state index contributed by atoms with van der Waals surface area (Å²) in [4.78, 5) is 11.0. The van der Waals surface area contributed by atoms with Gasteiger partial charge in [0.05, 0.1) is 6.42 Å². The first-order valence-corrected chi connectivity index (χ1v) is 4.51. The summed E-state index contributed by atoms with van der Waals surface area (Å²) in [6.45, 7) is 0. The topological polar surface area (TPSA) is 80.4 Å². The van der Waals surface area contributed by atoms with Gasteiger partial charge in [0, 0.05) is 6.42 Å². The van der Waals surface area contributed by atoms with Crippen LogP contribution in [0.1, 0.15) is 12.2 Å². The van der Waals surface area contributed by atoms with Crippen LogP contribution in [-0.4, -0.2) is 30.9 Å². The third-order valence-electron chi connectivity index (χ3n) is 1.56. The van der Waals surface area contributed by atoms with Crippen molar-refractivity contribution < 1.29 is 9.90 Å². The van der Waals surface area contributed by atoms with E-state index in [1.54, 1.807) is 10.0 Å². The van der Waals surface area contributed by atoms with E-state index in [0.717, 1.165) is 0 Å². The average Bonchev–Trinajstić information content (AvgIpc) is 2.60. The molecule has 68 valence electrons. The van der Waals surface area contributed by atoms with E-state index in [2.05, 4.69) is 15.3 Å². The van der Waals surface area contributed by atoms with Crippen LogP contribution in [0.5, 0.6) is 0 Å². The fraction of sp³-hybridized carbons (Fsp3) is 0.333. The summed E-state index contributed by atoms with van der Waals surface area (Å²) < 4.78 is 1.56. The van der Waals surface area contributed by atoms with Gasteiger partial charge in [0.25, 0.3) is 0 Å². The normalized spacial score (nSPS) is 10.8. The van der Waals surface area contributed by atoms with Crippen molar-refractivity contribution >= 4 is 22.3 Å². The number of aryl methyl sites for hydroxylation is 1. The predicted molar refractivity (Wildman–Crippen MR) is 44.6 cm³/mol. The minimum atomic E-state index is -0.841. The zero-order valence-electron chi connectivity index (χ0n) is 6.54. The zero-order valence-corrected chi connectivity index (χ0v) is 7.36. The van der Waals surface area contributed by atoms with Gasteiger partial charge in [-0.3, -0.25) is 4.79 Å². The van der Waals surface area contributed by atoms with Crippen molar-refractivity contribution in [2.24, 2.45) is 0 Å². The van der Waals surface area contributed by atoms with E-state index in [9.17, 15) is 4.79 Å². The van der Waals surface area contributed by atoms with Crippen LogP contribution in [0.25, 0.3) is 4.96 Å². The largest absolute Gasteiger partial charge is 0.481 e. The lowest BCUT2D eigenvalue weighted by molar-refractivity contribution is -0.137. The van der Waals surface area contributed by atoms with Crippen LogP contribution in [-0.2, 0) is 11.2 Å². The monoisotopic (exact) mass is 198 g/mol. The summed E-state index contributed by atoms with van der Waals surface area (Å²) >= 11 is 1.37. The van der Waals surface area contributed by atoms with Gasteiger partial charge in [0.1, 0.15) is 5.51 Å². The molecule has 0 spiro atoms. The van der Waals surface area contributed by atoms with E-state index in [4.69, 9.17) is 5.11 Å². The molecule has 0 aliphatic heterocycles. The molecule has 0 aliphatic carbocycles. The van der Waals surface area contributed by atoms with E-state index in [1.807, 2.05) is 0 Å². The molecule has 0 unspecified atom stereocenters. The third kappa shape index (κ3) is 1.50. The second kappa shape index (κ2) is 3.09. The molecule has 2 aromatic heterocycles. The maximum Gasteiger partial charge on any atom is 0.303 e. The van der Waals surface area contributed by atoms with Crippen molar-refractivity contribution in [1.29, 1.82) is 0 Å². The quantitative estimate of drug-likeness (QED) is 0.762. The number of fused-ring (bicyclic) bond motifs is 1. The van der Waals surface area contributed by atoms with E-state index in [0.29, 0.717) is 17.2 Å². The number of hydrogen-bond donors (Lipinski definition) is 1. The molecule has 0 saturated heterocycles. The summed E-state index contributed by atoms with van der Waals surface area (Å²) in [7, 11) is 0. The van der Waals surface area contributed by atoms with Gasteiger partial charge < -0.3 is 5.11 Å². The minimum Gasteiger partial charge on any atom is -0.481 e. The van der Waals surface area contributed by atoms with E-state index in [-0.39, 0.29) is 6.42 Å². The summed E-state index contributed by atoms with van der Waals surface area (Å²) in [5.74, 6) is -0.245. The molecule has 6 nitrogen and oxygen atoms in total. The fourth-order valence-electron chi connectivity index (χ4n) is 0.978. The number of carboxylic acids is 1. The number of rotatable bonds is 3. The van der Waals surface area contributed by atoms with E-state index in [1.165, 1.54) is 11.3 Å². The van der Waals surface area contributed by atoms with Crippen molar-refractivity contribution in [3.63, 3.8) is 0 Å². The van der Waals surface area contributed by atoms with Crippen LogP contribution in [0.3, 0.4) is 0 Å². The number of aromatic nitrogens is 4. The van der Waals surface area contributed by atoms with Crippen molar-refractivity contribution in [3.8, 4) is 0 Å². The Morgan fingerprint density at radius 3 is 3.23 bits per heavy atom. The number of carboxylic acid groups (broad SMARTS) is 1. The molecule has 0 aromatic carbocycles. The van der Waals surface area contributed by atoms with Gasteiger partial charge in [-0.2, -0.15) is 9.61 Å². The summed E-state index contributed by atoms with van der Waals surface area (Å²) in [6.07, 6.45) is 0.415. The first-order chi connectivity index (χ1) is 6.27. The standard InChI is InChI=1S/C6H6N4O2S/c11-5(12)2-1-4-8-9-6-10(4)7-3-13-6/h3H,1-2H2,(H,11,12). The fourth-order valence-corrected chi connectivity index (χ4v) is 1.55. The average molecular weight is 198 g/mol. The molecule has 0 fully saturated rings. The molecule has 7 heteroatoms. The predicted octanol–water partition coefficient (Wildman–Crippen LogP) is 0.203. The van der Waals surface area contributed by atoms with E-state index < -0.39 is 5.97 Å². The minimum absolute atomic E-state index is 0.0539. The number of nitrogens with zero attached hydrogens (tertiary/aromatic N) is 4. The highest BCUT2D eigenvalue weighted by Crippen LogP contribution is 2.08. The second-order valence-corrected chi connectivity index (χ2v) is 3.25. The Morgan fingerprint density at radius 2 is 2.46 bits per heavy atom. The molecule has 2 heterocycles. The van der Waals surface area contributed by atoms with Gasteiger partial charge in [-0.15, -0.1) is 10.2 Å². The highest BCUT2D eigenvalue weighted by molar-refractivity contribution is 7.14. The lowest BCUT2D eigenvalue weighted by Gasteiger charge is -1.91. The van der Waals surface area contributed by atoms with Gasteiger partial charge in [0.2, 0.25) is 4.96 Å². The van der Waals surface area contributed by atoms with Crippen LogP contribution in [0, 0.1) is 0 Å². The molecule has 1 N–H and O–H groups in total. The molecule has 0 radical (unpaired) electrons. The summed E-state index contributed by atoms with van der Waals surface area (Å²) in [6, 6.07) is 0. The smallest absolute Gasteiger partial charge is 0.303 e. The molecular formula is C6H6N4O2S. The zero-order chi connectivity index (χ0) is 9.26. The van der Waals surface area contributed by atoms with Gasteiger partial charge in [0.15, 0.2) is 5.82 Å². The molecule has 0 atom stereocenters. The van der Waals surface area contributed by atoms with Crippen LogP contribution < -0.4 is 0 Å². The van der Waals surface area contributed by atoms with Crippen LogP contribution >= 0.6 is 11.3 Å². The maximum atomic E-state index is 10.3. The van der Waals surface area contributed by atoms with Crippen LogP contribution in [0.15, 0.2) is 5.51 Å². The highest BCUT2D eigenvalue weighted by Gasteiger charge is 2.08. The Bertz CT molecular complexity index is 434. The van der Waals surface area contributed by atoms with Gasteiger partial charge in [-0.1, -0.05) is 11.3 Å². The van der Waals surface area contributed by atoms with Crippen LogP contribution in [0.4, 0.5) is 0 Å². The Morgan fingerprint density at radius 1 is 1.62 bits per heavy atom. The number of aliphatic carboxylic acids is 1. The Labute approximate surface area is 76.8 Å². The SMILES string of the molecule is O=C(O)CCc1nnc2scnn12.